The van der Waals surface area contributed by atoms with Gasteiger partial charge in [0.15, 0.2) is 0 Å². The third kappa shape index (κ3) is 1.60. The Hall–Kier alpha value is -0.380. The van der Waals surface area contributed by atoms with Crippen LogP contribution in [0.5, 0.6) is 0 Å². The maximum atomic E-state index is 9.29. The van der Waals surface area contributed by atoms with E-state index < -0.39 is 0 Å². The predicted octanol–water partition coefficient (Wildman–Crippen LogP) is 3.60. The minimum absolute atomic E-state index is 0.129. The number of rotatable bonds is 2. The molecule has 0 saturated carbocycles. The van der Waals surface area contributed by atoms with Gasteiger partial charge >= 0.3 is 0 Å². The molecule has 0 atom stereocenters. The topological polar surface area (TPSA) is 20.2 Å². The first-order valence-electron chi connectivity index (χ1n) is 4.44. The summed E-state index contributed by atoms with van der Waals surface area (Å²) in [5, 5.41) is 11.3. The standard InChI is InChI=1S/C11H11BrOS/c1-7-2-3-8-9(6-13)11(5-12)14-10(8)4-7/h2-4,13H,5-6H2,1H3. The summed E-state index contributed by atoms with van der Waals surface area (Å²) >= 11 is 5.20. The van der Waals surface area contributed by atoms with Crippen molar-refractivity contribution in [3.63, 3.8) is 0 Å². The summed E-state index contributed by atoms with van der Waals surface area (Å²) in [7, 11) is 0. The molecule has 0 saturated heterocycles. The Kier molecular flexibility index (Phi) is 2.91. The monoisotopic (exact) mass is 270 g/mol. The Morgan fingerprint density at radius 3 is 2.86 bits per heavy atom. The van der Waals surface area contributed by atoms with Gasteiger partial charge in [-0.05, 0) is 23.9 Å². The molecule has 0 bridgehead atoms. The van der Waals surface area contributed by atoms with E-state index in [-0.39, 0.29) is 6.61 Å². The quantitative estimate of drug-likeness (QED) is 0.827. The van der Waals surface area contributed by atoms with E-state index in [1.807, 2.05) is 0 Å². The maximum absolute atomic E-state index is 9.29. The lowest BCUT2D eigenvalue weighted by Gasteiger charge is -1.96. The van der Waals surface area contributed by atoms with E-state index >= 15 is 0 Å². The molecule has 1 N–H and O–H groups in total. The van der Waals surface area contributed by atoms with Crippen molar-refractivity contribution in [1.29, 1.82) is 0 Å². The Balaban J connectivity index is 2.73. The molecule has 1 aromatic heterocycles. The van der Waals surface area contributed by atoms with Gasteiger partial charge in [-0.25, -0.2) is 0 Å². The van der Waals surface area contributed by atoms with E-state index in [1.165, 1.54) is 20.5 Å². The van der Waals surface area contributed by atoms with Crippen LogP contribution in [-0.4, -0.2) is 5.11 Å². The molecule has 3 heteroatoms. The first-order valence-corrected chi connectivity index (χ1v) is 6.37. The van der Waals surface area contributed by atoms with Gasteiger partial charge in [-0.15, -0.1) is 11.3 Å². The number of aryl methyl sites for hydroxylation is 1. The van der Waals surface area contributed by atoms with Crippen molar-refractivity contribution in [2.45, 2.75) is 18.9 Å². The van der Waals surface area contributed by atoms with E-state index in [2.05, 4.69) is 41.1 Å². The average molecular weight is 271 g/mol. The van der Waals surface area contributed by atoms with Crippen molar-refractivity contribution in [1.82, 2.24) is 0 Å². The van der Waals surface area contributed by atoms with E-state index in [0.717, 1.165) is 10.9 Å². The highest BCUT2D eigenvalue weighted by Gasteiger charge is 2.09. The van der Waals surface area contributed by atoms with Crippen LogP contribution in [0.4, 0.5) is 0 Å². The highest BCUT2D eigenvalue weighted by Crippen LogP contribution is 2.33. The van der Waals surface area contributed by atoms with Crippen LogP contribution >= 0.6 is 27.3 Å². The van der Waals surface area contributed by atoms with Crippen LogP contribution in [0.1, 0.15) is 16.0 Å². The lowest BCUT2D eigenvalue weighted by molar-refractivity contribution is 0.283. The minimum Gasteiger partial charge on any atom is -0.392 e. The second kappa shape index (κ2) is 4.01. The van der Waals surface area contributed by atoms with Crippen LogP contribution in [0.2, 0.25) is 0 Å². The summed E-state index contributed by atoms with van der Waals surface area (Å²) in [5.41, 5.74) is 2.34. The Bertz CT molecular complexity index is 462. The van der Waals surface area contributed by atoms with Gasteiger partial charge in [-0.2, -0.15) is 0 Å². The van der Waals surface area contributed by atoms with Crippen molar-refractivity contribution in [2.24, 2.45) is 0 Å². The van der Waals surface area contributed by atoms with Gasteiger partial charge < -0.3 is 5.11 Å². The van der Waals surface area contributed by atoms with Crippen LogP contribution in [0.25, 0.3) is 10.1 Å². The molecule has 0 fully saturated rings. The Morgan fingerprint density at radius 2 is 2.21 bits per heavy atom. The second-order valence-electron chi connectivity index (χ2n) is 3.30. The van der Waals surface area contributed by atoms with Gasteiger partial charge in [0.25, 0.3) is 0 Å². The molecule has 0 spiro atoms. The first kappa shape index (κ1) is 10.1. The molecule has 2 aromatic rings. The number of alkyl halides is 1. The summed E-state index contributed by atoms with van der Waals surface area (Å²) in [6, 6.07) is 6.36. The molecule has 0 radical (unpaired) electrons. The fraction of sp³-hybridized carbons (Fsp3) is 0.273. The lowest BCUT2D eigenvalue weighted by atomic mass is 10.1. The first-order chi connectivity index (χ1) is 6.76. The maximum Gasteiger partial charge on any atom is 0.0699 e. The highest BCUT2D eigenvalue weighted by atomic mass is 79.9. The second-order valence-corrected chi connectivity index (χ2v) is 4.99. The van der Waals surface area contributed by atoms with Crippen molar-refractivity contribution >= 4 is 37.4 Å². The van der Waals surface area contributed by atoms with E-state index in [1.54, 1.807) is 11.3 Å². The number of hydrogen-bond acceptors (Lipinski definition) is 2. The van der Waals surface area contributed by atoms with Gasteiger partial charge in [0, 0.05) is 20.5 Å². The Labute approximate surface area is 95.5 Å². The number of aliphatic hydroxyl groups is 1. The molecule has 0 amide bonds. The molecule has 0 aliphatic carbocycles. The van der Waals surface area contributed by atoms with E-state index in [0.29, 0.717) is 0 Å². The molecule has 0 aliphatic rings. The highest BCUT2D eigenvalue weighted by molar-refractivity contribution is 9.08. The minimum atomic E-state index is 0.129. The summed E-state index contributed by atoms with van der Waals surface area (Å²) in [6.45, 7) is 2.22. The molecule has 0 unspecified atom stereocenters. The van der Waals surface area contributed by atoms with Crippen LogP contribution in [0, 0.1) is 6.92 Å². The van der Waals surface area contributed by atoms with Gasteiger partial charge in [0.1, 0.15) is 0 Å². The van der Waals surface area contributed by atoms with Gasteiger partial charge in [-0.3, -0.25) is 0 Å². The van der Waals surface area contributed by atoms with E-state index in [9.17, 15) is 5.11 Å². The molecule has 1 nitrogen and oxygen atoms in total. The summed E-state index contributed by atoms with van der Waals surface area (Å²) in [6.07, 6.45) is 0. The van der Waals surface area contributed by atoms with Crippen molar-refractivity contribution in [3.8, 4) is 0 Å². The predicted molar refractivity (Wildman–Crippen MR) is 65.1 cm³/mol. The molecule has 74 valence electrons. The average Bonchev–Trinajstić information content (AvgIpc) is 2.54. The lowest BCUT2D eigenvalue weighted by Crippen LogP contribution is -1.84. The summed E-state index contributed by atoms with van der Waals surface area (Å²) in [5.74, 6) is 0. The molecule has 0 aliphatic heterocycles. The third-order valence-electron chi connectivity index (χ3n) is 2.31. The SMILES string of the molecule is Cc1ccc2c(CO)c(CBr)sc2c1. The fourth-order valence-electron chi connectivity index (χ4n) is 1.59. The zero-order valence-corrected chi connectivity index (χ0v) is 10.3. The summed E-state index contributed by atoms with van der Waals surface area (Å²) < 4.78 is 1.27. The van der Waals surface area contributed by atoms with E-state index in [4.69, 9.17) is 0 Å². The van der Waals surface area contributed by atoms with Gasteiger partial charge in [-0.1, -0.05) is 28.1 Å². The molecular formula is C11H11BrOS. The largest absolute Gasteiger partial charge is 0.392 e. The Morgan fingerprint density at radius 1 is 1.43 bits per heavy atom. The number of halogens is 1. The van der Waals surface area contributed by atoms with Crippen molar-refractivity contribution in [3.05, 3.63) is 34.2 Å². The number of aliphatic hydroxyl groups excluding tert-OH is 1. The summed E-state index contributed by atoms with van der Waals surface area (Å²) in [4.78, 5) is 1.23. The van der Waals surface area contributed by atoms with Crippen LogP contribution in [-0.2, 0) is 11.9 Å². The van der Waals surface area contributed by atoms with Crippen molar-refractivity contribution < 1.29 is 5.11 Å². The number of thiophene rings is 1. The van der Waals surface area contributed by atoms with Crippen molar-refractivity contribution in [2.75, 3.05) is 0 Å². The molecule has 2 rings (SSSR count). The molecule has 1 aromatic carbocycles. The number of hydrogen-bond donors (Lipinski definition) is 1. The molecule has 14 heavy (non-hydrogen) atoms. The molecule has 1 heterocycles. The van der Waals surface area contributed by atoms with Gasteiger partial charge in [0.05, 0.1) is 6.61 Å². The fourth-order valence-corrected chi connectivity index (χ4v) is 3.43. The smallest absolute Gasteiger partial charge is 0.0699 e. The number of fused-ring (bicyclic) bond motifs is 1. The number of benzene rings is 1. The third-order valence-corrected chi connectivity index (χ3v) is 4.44. The van der Waals surface area contributed by atoms with Crippen LogP contribution in [0.15, 0.2) is 18.2 Å². The zero-order chi connectivity index (χ0) is 10.1. The van der Waals surface area contributed by atoms with Gasteiger partial charge in [0.2, 0.25) is 0 Å². The normalized spacial score (nSPS) is 11.1. The van der Waals surface area contributed by atoms with Crippen LogP contribution < -0.4 is 0 Å². The molecular weight excluding hydrogens is 260 g/mol. The zero-order valence-electron chi connectivity index (χ0n) is 7.88. The van der Waals surface area contributed by atoms with Crippen LogP contribution in [0.3, 0.4) is 0 Å².